The average molecular weight is 506 g/mol. The smallest absolute Gasteiger partial charge is 0.152 e. The zero-order valence-electron chi connectivity index (χ0n) is 19.7. The molecule has 2 aromatic rings. The minimum atomic E-state index is -0.334. The van der Waals surface area contributed by atoms with E-state index in [-0.39, 0.29) is 18.6 Å². The lowest BCUT2D eigenvalue weighted by molar-refractivity contribution is 0.0975. The number of hydrogen-bond acceptors (Lipinski definition) is 9. The molecule has 2 N–H and O–H groups in total. The summed E-state index contributed by atoms with van der Waals surface area (Å²) in [7, 11) is 0. The molecule has 2 atom stereocenters. The Bertz CT molecular complexity index is 1030. The van der Waals surface area contributed by atoms with Crippen molar-refractivity contribution in [1.29, 1.82) is 0 Å². The van der Waals surface area contributed by atoms with Crippen LogP contribution in [0.15, 0.2) is 28.4 Å². The second-order valence-corrected chi connectivity index (χ2v) is 11.3. The molecule has 0 saturated carbocycles. The molecule has 0 radical (unpaired) electrons. The van der Waals surface area contributed by atoms with Gasteiger partial charge in [-0.1, -0.05) is 23.4 Å². The maximum atomic E-state index is 10.0. The lowest BCUT2D eigenvalue weighted by atomic mass is 9.77. The summed E-state index contributed by atoms with van der Waals surface area (Å²) in [6.07, 6.45) is 6.78. The molecule has 10 heteroatoms. The van der Waals surface area contributed by atoms with Crippen molar-refractivity contribution in [1.82, 2.24) is 15.0 Å². The standard InChI is InChI=1S/C24H32ClN5O3S/c1-15-9-24(14-33-15)4-7-29(8-5-24)22-18(13-31)28-20(10-27-22)34-19-3-6-26-23(21(19)25)30-11-17(12-30)16(2)32/h3,6,10,15-17,31-32H,4-5,7-9,11-14H2,1-2H3/t15-,16?/m0/s1. The number of rotatable bonds is 6. The Labute approximate surface area is 209 Å². The monoisotopic (exact) mass is 505 g/mol. The van der Waals surface area contributed by atoms with Crippen LogP contribution in [0.25, 0.3) is 0 Å². The number of ether oxygens (including phenoxy) is 1. The van der Waals surface area contributed by atoms with Crippen LogP contribution < -0.4 is 9.80 Å². The number of nitrogens with zero attached hydrogens (tertiary/aromatic N) is 5. The molecule has 3 fully saturated rings. The first-order valence-corrected chi connectivity index (χ1v) is 13.2. The number of pyridine rings is 1. The van der Waals surface area contributed by atoms with E-state index < -0.39 is 0 Å². The van der Waals surface area contributed by atoms with E-state index in [0.29, 0.717) is 27.3 Å². The van der Waals surface area contributed by atoms with E-state index in [9.17, 15) is 10.2 Å². The Kier molecular flexibility index (Phi) is 6.92. The summed E-state index contributed by atoms with van der Waals surface area (Å²) >= 11 is 8.11. The molecule has 0 bridgehead atoms. The third-order valence-electron chi connectivity index (χ3n) is 7.41. The first-order chi connectivity index (χ1) is 16.4. The van der Waals surface area contributed by atoms with Crippen molar-refractivity contribution >= 4 is 35.0 Å². The van der Waals surface area contributed by atoms with Crippen molar-refractivity contribution < 1.29 is 14.9 Å². The molecule has 3 aliphatic rings. The van der Waals surface area contributed by atoms with Crippen LogP contribution in [0.3, 0.4) is 0 Å². The van der Waals surface area contributed by atoms with E-state index in [4.69, 9.17) is 26.3 Å². The van der Waals surface area contributed by atoms with E-state index in [1.165, 1.54) is 11.8 Å². The van der Waals surface area contributed by atoms with Gasteiger partial charge in [0.1, 0.15) is 16.5 Å². The van der Waals surface area contributed by atoms with Gasteiger partial charge in [-0.3, -0.25) is 0 Å². The van der Waals surface area contributed by atoms with Gasteiger partial charge in [-0.2, -0.15) is 0 Å². The molecule has 3 aliphatic heterocycles. The summed E-state index contributed by atoms with van der Waals surface area (Å²) in [4.78, 5) is 19.0. The van der Waals surface area contributed by atoms with Gasteiger partial charge in [0.25, 0.3) is 0 Å². The van der Waals surface area contributed by atoms with Gasteiger partial charge in [-0.05, 0) is 44.6 Å². The Morgan fingerprint density at radius 2 is 2.00 bits per heavy atom. The van der Waals surface area contributed by atoms with Gasteiger partial charge in [0.15, 0.2) is 5.82 Å². The number of piperidine rings is 1. The van der Waals surface area contributed by atoms with Crippen molar-refractivity contribution in [3.05, 3.63) is 29.2 Å². The Morgan fingerprint density at radius 1 is 1.24 bits per heavy atom. The van der Waals surface area contributed by atoms with E-state index in [2.05, 4.69) is 21.7 Å². The third kappa shape index (κ3) is 4.73. The number of aliphatic hydroxyl groups excluding tert-OH is 2. The summed E-state index contributed by atoms with van der Waals surface area (Å²) in [6.45, 7) is 7.93. The third-order valence-corrected chi connectivity index (χ3v) is 8.86. The topological polar surface area (TPSA) is 94.8 Å². The van der Waals surface area contributed by atoms with Crippen LogP contribution in [0.5, 0.6) is 0 Å². The molecule has 184 valence electrons. The molecule has 5 rings (SSSR count). The van der Waals surface area contributed by atoms with E-state index in [0.717, 1.165) is 68.6 Å². The van der Waals surface area contributed by atoms with Crippen LogP contribution in [0, 0.1) is 11.3 Å². The van der Waals surface area contributed by atoms with Crippen LogP contribution in [0.1, 0.15) is 38.8 Å². The molecule has 34 heavy (non-hydrogen) atoms. The van der Waals surface area contributed by atoms with Crippen LogP contribution in [-0.2, 0) is 11.3 Å². The molecule has 1 unspecified atom stereocenters. The molecule has 1 spiro atoms. The van der Waals surface area contributed by atoms with Gasteiger partial charge in [0.2, 0.25) is 0 Å². The SMILES string of the molecule is CC(O)C1CN(c2nccc(Sc3cnc(N4CCC5(CC4)CO[C@@H](C)C5)c(CO)n3)c2Cl)C1. The second kappa shape index (κ2) is 9.78. The van der Waals surface area contributed by atoms with Gasteiger partial charge < -0.3 is 24.7 Å². The Balaban J connectivity index is 1.28. The van der Waals surface area contributed by atoms with Gasteiger partial charge >= 0.3 is 0 Å². The quantitative estimate of drug-likeness (QED) is 0.612. The molecule has 0 amide bonds. The number of hydrogen-bond donors (Lipinski definition) is 2. The lowest BCUT2D eigenvalue weighted by Gasteiger charge is -2.42. The van der Waals surface area contributed by atoms with Gasteiger partial charge in [-0.25, -0.2) is 15.0 Å². The van der Waals surface area contributed by atoms with Crippen molar-refractivity contribution in [2.75, 3.05) is 42.6 Å². The highest BCUT2D eigenvalue weighted by Crippen LogP contribution is 2.43. The van der Waals surface area contributed by atoms with Crippen LogP contribution in [0.4, 0.5) is 11.6 Å². The van der Waals surface area contributed by atoms with Crippen LogP contribution >= 0.6 is 23.4 Å². The lowest BCUT2D eigenvalue weighted by Crippen LogP contribution is -2.51. The fourth-order valence-electron chi connectivity index (χ4n) is 5.23. The second-order valence-electron chi connectivity index (χ2n) is 9.90. The molecular formula is C24H32ClN5O3S. The minimum Gasteiger partial charge on any atom is -0.393 e. The Hall–Kier alpha value is -1.65. The fourth-order valence-corrected chi connectivity index (χ4v) is 6.37. The molecular weight excluding hydrogens is 474 g/mol. The maximum Gasteiger partial charge on any atom is 0.152 e. The number of aliphatic hydroxyl groups is 2. The molecule has 5 heterocycles. The maximum absolute atomic E-state index is 10.0. The molecule has 8 nitrogen and oxygen atoms in total. The van der Waals surface area contributed by atoms with Crippen LogP contribution in [-0.4, -0.2) is 70.2 Å². The number of halogens is 1. The van der Waals surface area contributed by atoms with E-state index in [1.807, 2.05) is 13.0 Å². The largest absolute Gasteiger partial charge is 0.393 e. The summed E-state index contributed by atoms with van der Waals surface area (Å²) in [5, 5.41) is 21.1. The van der Waals surface area contributed by atoms with Gasteiger partial charge in [0, 0.05) is 43.2 Å². The molecule has 0 aliphatic carbocycles. The van der Waals surface area contributed by atoms with Crippen molar-refractivity contribution in [3.8, 4) is 0 Å². The zero-order valence-corrected chi connectivity index (χ0v) is 21.2. The first kappa shape index (κ1) is 24.1. The summed E-state index contributed by atoms with van der Waals surface area (Å²) in [5.74, 6) is 1.73. The van der Waals surface area contributed by atoms with Crippen molar-refractivity contribution in [2.45, 2.75) is 61.8 Å². The number of aromatic nitrogens is 3. The fraction of sp³-hybridized carbons (Fsp3) is 0.625. The average Bonchev–Trinajstić information content (AvgIpc) is 3.15. The highest BCUT2D eigenvalue weighted by Gasteiger charge is 2.41. The molecule has 0 aromatic carbocycles. The number of anilines is 2. The zero-order chi connectivity index (χ0) is 23.9. The van der Waals surface area contributed by atoms with E-state index >= 15 is 0 Å². The normalized spacial score (nSPS) is 23.4. The highest BCUT2D eigenvalue weighted by atomic mass is 35.5. The minimum absolute atomic E-state index is 0.164. The van der Waals surface area contributed by atoms with Gasteiger partial charge in [-0.15, -0.1) is 0 Å². The predicted molar refractivity (Wildman–Crippen MR) is 133 cm³/mol. The summed E-state index contributed by atoms with van der Waals surface area (Å²) in [6, 6.07) is 1.87. The Morgan fingerprint density at radius 3 is 2.65 bits per heavy atom. The molecule has 2 aromatic heterocycles. The van der Waals surface area contributed by atoms with Crippen molar-refractivity contribution in [2.24, 2.45) is 11.3 Å². The highest BCUT2D eigenvalue weighted by molar-refractivity contribution is 7.99. The van der Waals surface area contributed by atoms with Crippen LogP contribution in [0.2, 0.25) is 5.02 Å². The first-order valence-electron chi connectivity index (χ1n) is 12.0. The molecule has 3 saturated heterocycles. The predicted octanol–water partition coefficient (Wildman–Crippen LogP) is 3.38. The van der Waals surface area contributed by atoms with E-state index in [1.54, 1.807) is 12.4 Å². The summed E-state index contributed by atoms with van der Waals surface area (Å²) in [5.41, 5.74) is 0.880. The summed E-state index contributed by atoms with van der Waals surface area (Å²) < 4.78 is 5.84. The van der Waals surface area contributed by atoms with Crippen molar-refractivity contribution in [3.63, 3.8) is 0 Å². The van der Waals surface area contributed by atoms with Gasteiger partial charge in [0.05, 0.1) is 36.6 Å².